The zero-order valence-corrected chi connectivity index (χ0v) is 17.1. The highest BCUT2D eigenvalue weighted by atomic mass is 35.5. The van der Waals surface area contributed by atoms with Gasteiger partial charge in [-0.2, -0.15) is 0 Å². The van der Waals surface area contributed by atoms with Gasteiger partial charge >= 0.3 is 0 Å². The van der Waals surface area contributed by atoms with Crippen LogP contribution in [0.4, 0.5) is 0 Å². The summed E-state index contributed by atoms with van der Waals surface area (Å²) in [7, 11) is 0. The first-order chi connectivity index (χ1) is 13.4. The summed E-state index contributed by atoms with van der Waals surface area (Å²) in [6.07, 6.45) is 1.36. The monoisotopic (exact) mass is 405 g/mol. The fourth-order valence-electron chi connectivity index (χ4n) is 3.22. The van der Waals surface area contributed by atoms with E-state index >= 15 is 0 Å². The predicted molar refractivity (Wildman–Crippen MR) is 111 cm³/mol. The van der Waals surface area contributed by atoms with Gasteiger partial charge in [0.2, 0.25) is 5.91 Å². The topological polar surface area (TPSA) is 111 Å². The largest absolute Gasteiger partial charge is 0.401 e. The van der Waals surface area contributed by atoms with Gasteiger partial charge in [-0.05, 0) is 24.1 Å². The maximum absolute atomic E-state index is 12.3. The highest BCUT2D eigenvalue weighted by Crippen LogP contribution is 2.18. The molecule has 2 aliphatic heterocycles. The molecule has 0 spiro atoms. The zero-order valence-electron chi connectivity index (χ0n) is 16.3. The number of halogens is 1. The minimum Gasteiger partial charge on any atom is -0.401 e. The molecule has 1 aromatic carbocycles. The van der Waals surface area contributed by atoms with Gasteiger partial charge < -0.3 is 16.4 Å². The second-order valence-corrected chi connectivity index (χ2v) is 7.10. The van der Waals surface area contributed by atoms with Crippen LogP contribution in [0, 0.1) is 5.41 Å². The Hall–Kier alpha value is -2.38. The number of carbonyl (C=O) groups is 2. The van der Waals surface area contributed by atoms with Gasteiger partial charge in [0.1, 0.15) is 5.71 Å². The highest BCUT2D eigenvalue weighted by molar-refractivity contribution is 6.44. The van der Waals surface area contributed by atoms with E-state index in [0.29, 0.717) is 48.9 Å². The molecule has 8 heteroatoms. The molecule has 28 heavy (non-hydrogen) atoms. The number of nitrogens with two attached hydrogens (primary N) is 1. The molecular weight excluding hydrogens is 378 g/mol. The molecule has 0 bridgehead atoms. The first kappa shape index (κ1) is 21.9. The molecule has 1 unspecified atom stereocenters. The lowest BCUT2D eigenvalue weighted by Crippen LogP contribution is -2.39. The van der Waals surface area contributed by atoms with Crippen LogP contribution in [0.5, 0.6) is 0 Å². The number of rotatable bonds is 6. The van der Waals surface area contributed by atoms with Gasteiger partial charge in [0.05, 0.1) is 0 Å². The van der Waals surface area contributed by atoms with E-state index in [1.165, 1.54) is 0 Å². The van der Waals surface area contributed by atoms with Crippen LogP contribution in [0.3, 0.4) is 0 Å². The average Bonchev–Trinajstić information content (AvgIpc) is 3.27. The van der Waals surface area contributed by atoms with Gasteiger partial charge in [0, 0.05) is 54.9 Å². The van der Waals surface area contributed by atoms with Gasteiger partial charge in [0.25, 0.3) is 5.91 Å². The number of hydrogen-bond donors (Lipinski definition) is 4. The van der Waals surface area contributed by atoms with E-state index in [1.54, 1.807) is 12.1 Å². The molecule has 0 radical (unpaired) electrons. The van der Waals surface area contributed by atoms with Gasteiger partial charge in [-0.25, -0.2) is 0 Å². The highest BCUT2D eigenvalue weighted by Gasteiger charge is 2.29. The Bertz CT molecular complexity index is 760. The van der Waals surface area contributed by atoms with E-state index < -0.39 is 5.91 Å². The molecule has 2 amide bonds. The van der Waals surface area contributed by atoms with E-state index in [-0.39, 0.29) is 17.7 Å². The maximum atomic E-state index is 12.3. The van der Waals surface area contributed by atoms with Crippen LogP contribution < -0.4 is 16.4 Å². The van der Waals surface area contributed by atoms with Crippen molar-refractivity contribution in [1.29, 1.82) is 5.41 Å². The fourth-order valence-corrected chi connectivity index (χ4v) is 3.35. The smallest absolute Gasteiger partial charge is 0.269 e. The number of carbonyl (C=O) groups excluding carboxylic acids is 2. The molecule has 0 saturated carbocycles. The summed E-state index contributed by atoms with van der Waals surface area (Å²) in [6, 6.07) is 7.28. The summed E-state index contributed by atoms with van der Waals surface area (Å²) < 4.78 is 0. The van der Waals surface area contributed by atoms with Crippen LogP contribution in [0.15, 0.2) is 35.5 Å². The van der Waals surface area contributed by atoms with Gasteiger partial charge in [-0.1, -0.05) is 37.6 Å². The van der Waals surface area contributed by atoms with Crippen LogP contribution in [-0.2, 0) is 16.1 Å². The van der Waals surface area contributed by atoms with Crippen molar-refractivity contribution in [2.24, 2.45) is 5.73 Å². The van der Waals surface area contributed by atoms with Crippen LogP contribution in [-0.4, -0.2) is 48.1 Å². The molecule has 1 atom stereocenters. The Kier molecular flexibility index (Phi) is 8.02. The molecule has 1 saturated heterocycles. The lowest BCUT2D eigenvalue weighted by Gasteiger charge is -2.20. The molecule has 7 nitrogen and oxygen atoms in total. The molecule has 2 aliphatic rings. The van der Waals surface area contributed by atoms with E-state index in [2.05, 4.69) is 15.5 Å². The number of nitrogens with one attached hydrogen (secondary N) is 3. The predicted octanol–water partition coefficient (Wildman–Crippen LogP) is 1.81. The Morgan fingerprint density at radius 2 is 2.00 bits per heavy atom. The first-order valence-electron chi connectivity index (χ1n) is 9.53. The quantitative estimate of drug-likeness (QED) is 0.541. The molecule has 5 N–H and O–H groups in total. The van der Waals surface area contributed by atoms with Crippen molar-refractivity contribution >= 4 is 29.1 Å². The van der Waals surface area contributed by atoms with Gasteiger partial charge in [0.15, 0.2) is 0 Å². The third-order valence-corrected chi connectivity index (χ3v) is 4.87. The van der Waals surface area contributed by atoms with Gasteiger partial charge in [-0.15, -0.1) is 0 Å². The van der Waals surface area contributed by atoms with Crippen LogP contribution in [0.25, 0.3) is 0 Å². The molecule has 0 aromatic heterocycles. The number of hydrogen-bond acceptors (Lipinski definition) is 5. The number of nitrogens with zero attached hydrogens (tertiary/aromatic N) is 1. The minimum absolute atomic E-state index is 0.0738. The third-order valence-electron chi connectivity index (χ3n) is 4.62. The van der Waals surface area contributed by atoms with Crippen molar-refractivity contribution in [3.05, 3.63) is 46.1 Å². The fraction of sp³-hybridized carbons (Fsp3) is 0.450. The van der Waals surface area contributed by atoms with Crippen molar-refractivity contribution in [3.63, 3.8) is 0 Å². The summed E-state index contributed by atoms with van der Waals surface area (Å²) in [5.41, 5.74) is 7.95. The third kappa shape index (κ3) is 5.81. The standard InChI is InChI=1S/C18H22ClN5O2.C2H6/c19-12-3-1-11(2-4-12)7-22-18(26)17(21)14-9-24(10-15(14)20)8-13-5-6-16(25)23-13;1-2/h1-4,13,21H,5-10,20H2,(H,22,26)(H,23,25);1-2H3. The van der Waals surface area contributed by atoms with E-state index in [9.17, 15) is 9.59 Å². The normalized spacial score (nSPS) is 19.1. The molecule has 152 valence electrons. The number of benzene rings is 1. The minimum atomic E-state index is -0.450. The van der Waals surface area contributed by atoms with Crippen molar-refractivity contribution in [2.75, 3.05) is 19.6 Å². The first-order valence-corrected chi connectivity index (χ1v) is 9.91. The summed E-state index contributed by atoms with van der Waals surface area (Å²) in [6.45, 7) is 5.96. The lowest BCUT2D eigenvalue weighted by molar-refractivity contribution is -0.119. The van der Waals surface area contributed by atoms with E-state index in [0.717, 1.165) is 12.0 Å². The van der Waals surface area contributed by atoms with E-state index in [4.69, 9.17) is 22.7 Å². The van der Waals surface area contributed by atoms with Crippen LogP contribution in [0.1, 0.15) is 32.3 Å². The summed E-state index contributed by atoms with van der Waals surface area (Å²) in [5, 5.41) is 14.5. The molecule has 1 fully saturated rings. The molecule has 0 aliphatic carbocycles. The zero-order chi connectivity index (χ0) is 20.7. The van der Waals surface area contributed by atoms with Crippen molar-refractivity contribution in [3.8, 4) is 0 Å². The molecule has 1 aromatic rings. The van der Waals surface area contributed by atoms with E-state index in [1.807, 2.05) is 26.0 Å². The van der Waals surface area contributed by atoms with Crippen molar-refractivity contribution in [2.45, 2.75) is 39.3 Å². The molecule has 2 heterocycles. The Morgan fingerprint density at radius 1 is 1.32 bits per heavy atom. The Labute approximate surface area is 170 Å². The van der Waals surface area contributed by atoms with Crippen LogP contribution in [0.2, 0.25) is 5.02 Å². The van der Waals surface area contributed by atoms with Gasteiger partial charge in [-0.3, -0.25) is 19.9 Å². The second-order valence-electron chi connectivity index (χ2n) is 6.66. The molecule has 3 rings (SSSR count). The molecular formula is C20H28ClN5O2. The van der Waals surface area contributed by atoms with Crippen molar-refractivity contribution in [1.82, 2.24) is 15.5 Å². The maximum Gasteiger partial charge on any atom is 0.269 e. The second kappa shape index (κ2) is 10.2. The Balaban J connectivity index is 0.00000136. The van der Waals surface area contributed by atoms with Crippen molar-refractivity contribution < 1.29 is 9.59 Å². The summed E-state index contributed by atoms with van der Waals surface area (Å²) in [4.78, 5) is 25.6. The van der Waals surface area contributed by atoms with Crippen LogP contribution >= 0.6 is 11.6 Å². The Morgan fingerprint density at radius 3 is 2.61 bits per heavy atom. The lowest BCUT2D eigenvalue weighted by atomic mass is 10.1. The SMILES string of the molecule is CC.N=C(C(=O)NCc1ccc(Cl)cc1)C1=C(N)CN(CC2CCC(=O)N2)C1. The summed E-state index contributed by atoms with van der Waals surface area (Å²) >= 11 is 5.84. The average molecular weight is 406 g/mol. The summed E-state index contributed by atoms with van der Waals surface area (Å²) in [5.74, 6) is -0.376. The number of amides is 2.